The minimum Gasteiger partial charge on any atom is -0.291 e. The quantitative estimate of drug-likeness (QED) is 0.888. The van der Waals surface area contributed by atoms with E-state index in [1.165, 1.54) is 0 Å². The van der Waals surface area contributed by atoms with Crippen molar-refractivity contribution in [3.05, 3.63) is 63.9 Å². The van der Waals surface area contributed by atoms with Gasteiger partial charge in [0, 0.05) is 17.8 Å². The van der Waals surface area contributed by atoms with Gasteiger partial charge in [0.15, 0.2) is 0 Å². The maximum Gasteiger partial charge on any atom is 0.240 e. The number of aromatic nitrogens is 1. The number of halogens is 2. The van der Waals surface area contributed by atoms with Crippen LogP contribution in [0.4, 0.5) is 0 Å². The normalized spacial score (nSPS) is 21.3. The van der Waals surface area contributed by atoms with E-state index >= 15 is 0 Å². The molecule has 3 rings (SSSR count). The summed E-state index contributed by atoms with van der Waals surface area (Å²) in [6.45, 7) is 4.08. The van der Waals surface area contributed by atoms with Crippen molar-refractivity contribution in [3.63, 3.8) is 0 Å². The van der Waals surface area contributed by atoms with Crippen LogP contribution >= 0.6 is 23.2 Å². The van der Waals surface area contributed by atoms with Crippen LogP contribution in [0.1, 0.15) is 31.0 Å². The van der Waals surface area contributed by atoms with Gasteiger partial charge in [-0.3, -0.25) is 15.2 Å². The van der Waals surface area contributed by atoms with Gasteiger partial charge in [0.05, 0.1) is 22.0 Å². The molecule has 1 aromatic carbocycles. The van der Waals surface area contributed by atoms with E-state index in [0.29, 0.717) is 10.0 Å². The first-order chi connectivity index (χ1) is 10.9. The Hall–Kier alpha value is -1.62. The van der Waals surface area contributed by atoms with Crippen LogP contribution in [0.2, 0.25) is 10.0 Å². The topological polar surface area (TPSA) is 54.0 Å². The number of nitrogens with zero attached hydrogens (tertiary/aromatic N) is 1. The van der Waals surface area contributed by atoms with E-state index < -0.39 is 5.41 Å². The summed E-state index contributed by atoms with van der Waals surface area (Å²) >= 11 is 12.2. The average Bonchev–Trinajstić information content (AvgIpc) is 2.93. The highest BCUT2D eigenvalue weighted by Crippen LogP contribution is 2.42. The van der Waals surface area contributed by atoms with Crippen molar-refractivity contribution < 1.29 is 4.79 Å². The van der Waals surface area contributed by atoms with Crippen LogP contribution in [0, 0.1) is 5.92 Å². The number of hydrogen-bond donors (Lipinski definition) is 2. The summed E-state index contributed by atoms with van der Waals surface area (Å²) in [5.41, 5.74) is 7.38. The zero-order valence-corrected chi connectivity index (χ0v) is 14.3. The lowest BCUT2D eigenvalue weighted by molar-refractivity contribution is -0.124. The van der Waals surface area contributed by atoms with E-state index in [1.807, 2.05) is 38.1 Å². The van der Waals surface area contributed by atoms with Crippen LogP contribution in [0.3, 0.4) is 0 Å². The lowest BCUT2D eigenvalue weighted by Crippen LogP contribution is -2.37. The predicted molar refractivity (Wildman–Crippen MR) is 91.2 cm³/mol. The number of rotatable bonds is 3. The van der Waals surface area contributed by atoms with Crippen LogP contribution in [0.15, 0.2) is 42.7 Å². The van der Waals surface area contributed by atoms with E-state index in [0.717, 1.165) is 11.1 Å². The van der Waals surface area contributed by atoms with E-state index in [-0.39, 0.29) is 17.9 Å². The molecule has 2 unspecified atom stereocenters. The number of carbonyl (C=O) groups is 1. The van der Waals surface area contributed by atoms with Gasteiger partial charge in [-0.1, -0.05) is 43.1 Å². The van der Waals surface area contributed by atoms with E-state index in [1.54, 1.807) is 18.5 Å². The molecule has 2 heterocycles. The van der Waals surface area contributed by atoms with Crippen LogP contribution in [-0.4, -0.2) is 10.9 Å². The second kappa shape index (κ2) is 6.11. The summed E-state index contributed by atoms with van der Waals surface area (Å²) in [5.74, 6) is -0.329. The van der Waals surface area contributed by atoms with Gasteiger partial charge in [0.1, 0.15) is 0 Å². The molecule has 2 N–H and O–H groups in total. The lowest BCUT2D eigenvalue weighted by Gasteiger charge is -2.34. The molecule has 2 atom stereocenters. The summed E-state index contributed by atoms with van der Waals surface area (Å²) in [5, 5.41) is 0.995. The molecule has 0 bridgehead atoms. The van der Waals surface area contributed by atoms with Crippen molar-refractivity contribution in [3.8, 4) is 0 Å². The largest absolute Gasteiger partial charge is 0.291 e. The van der Waals surface area contributed by atoms with Crippen LogP contribution in [-0.2, 0) is 10.2 Å². The zero-order chi connectivity index (χ0) is 16.6. The SMILES string of the molecule is CC(C)(c1ccc(Cl)c(Cl)c1)C1C(=O)NNC1c1ccncc1. The molecule has 6 heteroatoms. The lowest BCUT2D eigenvalue weighted by atomic mass is 9.69. The van der Waals surface area contributed by atoms with Crippen LogP contribution < -0.4 is 10.9 Å². The minimum absolute atomic E-state index is 0.0390. The van der Waals surface area contributed by atoms with E-state index in [4.69, 9.17) is 23.2 Å². The van der Waals surface area contributed by atoms with Crippen molar-refractivity contribution in [1.82, 2.24) is 15.8 Å². The maximum absolute atomic E-state index is 12.5. The van der Waals surface area contributed by atoms with Crippen molar-refractivity contribution in [2.45, 2.75) is 25.3 Å². The molecule has 2 aromatic rings. The highest BCUT2D eigenvalue weighted by Gasteiger charge is 2.46. The maximum atomic E-state index is 12.5. The number of hydrazine groups is 1. The molecule has 4 nitrogen and oxygen atoms in total. The number of amides is 1. The third kappa shape index (κ3) is 2.94. The van der Waals surface area contributed by atoms with Crippen molar-refractivity contribution in [2.75, 3.05) is 0 Å². The molecule has 1 saturated heterocycles. The number of pyridine rings is 1. The smallest absolute Gasteiger partial charge is 0.240 e. The van der Waals surface area contributed by atoms with E-state index in [2.05, 4.69) is 15.8 Å². The molecule has 120 valence electrons. The molecule has 23 heavy (non-hydrogen) atoms. The summed E-state index contributed by atoms with van der Waals surface area (Å²) in [6, 6.07) is 9.20. The third-order valence-corrected chi connectivity index (χ3v) is 5.21. The van der Waals surface area contributed by atoms with Gasteiger partial charge in [-0.15, -0.1) is 0 Å². The molecule has 0 spiro atoms. The Morgan fingerprint density at radius 3 is 2.43 bits per heavy atom. The van der Waals surface area contributed by atoms with Gasteiger partial charge in [-0.05, 0) is 35.4 Å². The van der Waals surface area contributed by atoms with Gasteiger partial charge in [0.2, 0.25) is 5.91 Å². The second-order valence-electron chi connectivity index (χ2n) is 6.22. The monoisotopic (exact) mass is 349 g/mol. The summed E-state index contributed by atoms with van der Waals surface area (Å²) < 4.78 is 0. The first-order valence-corrected chi connectivity index (χ1v) is 8.07. The predicted octanol–water partition coefficient (Wildman–Crippen LogP) is 3.66. The average molecular weight is 350 g/mol. The third-order valence-electron chi connectivity index (χ3n) is 4.47. The molecule has 1 aliphatic rings. The Balaban J connectivity index is 2.02. The van der Waals surface area contributed by atoms with Crippen molar-refractivity contribution >= 4 is 29.1 Å². The molecule has 0 radical (unpaired) electrons. The number of hydrogen-bond acceptors (Lipinski definition) is 3. The summed E-state index contributed by atoms with van der Waals surface area (Å²) in [6.07, 6.45) is 3.45. The zero-order valence-electron chi connectivity index (χ0n) is 12.8. The van der Waals surface area contributed by atoms with Crippen LogP contribution in [0.5, 0.6) is 0 Å². The van der Waals surface area contributed by atoms with E-state index in [9.17, 15) is 4.79 Å². The standard InChI is InChI=1S/C17H17Cl2N3O/c1-17(2,11-3-4-12(18)13(19)9-11)14-15(21-22-16(14)23)10-5-7-20-8-6-10/h3-9,14-15,21H,1-2H3,(H,22,23). The molecule has 0 aliphatic carbocycles. The molecular formula is C17H17Cl2N3O. The first kappa shape index (κ1) is 16.2. The molecular weight excluding hydrogens is 333 g/mol. The van der Waals surface area contributed by atoms with Crippen molar-refractivity contribution in [1.29, 1.82) is 0 Å². The fourth-order valence-electron chi connectivity index (χ4n) is 3.13. The van der Waals surface area contributed by atoms with Gasteiger partial charge in [0.25, 0.3) is 0 Å². The fourth-order valence-corrected chi connectivity index (χ4v) is 3.43. The molecule has 1 aliphatic heterocycles. The number of carbonyl (C=O) groups excluding carboxylic acids is 1. The Morgan fingerprint density at radius 2 is 1.78 bits per heavy atom. The molecule has 0 saturated carbocycles. The molecule has 1 amide bonds. The Labute approximate surface area is 145 Å². The Morgan fingerprint density at radius 1 is 1.09 bits per heavy atom. The summed E-state index contributed by atoms with van der Waals surface area (Å²) in [7, 11) is 0. The highest BCUT2D eigenvalue weighted by molar-refractivity contribution is 6.42. The molecule has 1 aromatic heterocycles. The van der Waals surface area contributed by atoms with Gasteiger partial charge >= 0.3 is 0 Å². The van der Waals surface area contributed by atoms with Crippen LogP contribution in [0.25, 0.3) is 0 Å². The number of benzene rings is 1. The minimum atomic E-state index is -0.435. The Kier molecular flexibility index (Phi) is 4.32. The highest BCUT2D eigenvalue weighted by atomic mass is 35.5. The van der Waals surface area contributed by atoms with Crippen molar-refractivity contribution in [2.24, 2.45) is 5.92 Å². The van der Waals surface area contributed by atoms with Gasteiger partial charge < -0.3 is 0 Å². The second-order valence-corrected chi connectivity index (χ2v) is 7.03. The van der Waals surface area contributed by atoms with Gasteiger partial charge in [-0.25, -0.2) is 5.43 Å². The Bertz CT molecular complexity index is 734. The molecule has 1 fully saturated rings. The first-order valence-electron chi connectivity index (χ1n) is 7.32. The fraction of sp³-hybridized carbons (Fsp3) is 0.294. The van der Waals surface area contributed by atoms with Gasteiger partial charge in [-0.2, -0.15) is 0 Å². The summed E-state index contributed by atoms with van der Waals surface area (Å²) in [4.78, 5) is 16.5. The number of nitrogens with one attached hydrogen (secondary N) is 2.